The van der Waals surface area contributed by atoms with Crippen LogP contribution in [-0.2, 0) is 17.9 Å². The molecule has 0 radical (unpaired) electrons. The van der Waals surface area contributed by atoms with Crippen LogP contribution < -0.4 is 16.2 Å². The number of carbonyl (C=O) groups excluding carboxylic acids is 2. The van der Waals surface area contributed by atoms with Crippen LogP contribution in [0.3, 0.4) is 0 Å². The number of aromatic nitrogens is 2. The van der Waals surface area contributed by atoms with Crippen molar-refractivity contribution in [1.29, 1.82) is 0 Å². The standard InChI is InChI=1S/C23H20N4O4/c28-21(11-12-27-15-25-19-9-3-2-8-18(19)23(27)30)26-20-10-4-1-7-17(20)22(29)24-14-16-6-5-13-31-16/h1-10,13,15H,11-12,14H2,(H,24,29)(H,26,28). The van der Waals surface area contributed by atoms with E-state index < -0.39 is 0 Å². The molecule has 0 atom stereocenters. The molecule has 0 bridgehead atoms. The molecule has 2 aromatic carbocycles. The Hall–Kier alpha value is -4.20. The average Bonchev–Trinajstić information content (AvgIpc) is 3.31. The summed E-state index contributed by atoms with van der Waals surface area (Å²) in [7, 11) is 0. The fraction of sp³-hybridized carbons (Fsp3) is 0.130. The summed E-state index contributed by atoms with van der Waals surface area (Å²) >= 11 is 0. The highest BCUT2D eigenvalue weighted by molar-refractivity contribution is 6.03. The van der Waals surface area contributed by atoms with Gasteiger partial charge in [0.05, 0.1) is 41.3 Å². The predicted molar refractivity (Wildman–Crippen MR) is 116 cm³/mol. The number of nitrogens with one attached hydrogen (secondary N) is 2. The van der Waals surface area contributed by atoms with Gasteiger partial charge in [-0.15, -0.1) is 0 Å². The van der Waals surface area contributed by atoms with E-state index in [-0.39, 0.29) is 36.9 Å². The van der Waals surface area contributed by atoms with Gasteiger partial charge in [-0.2, -0.15) is 0 Å². The van der Waals surface area contributed by atoms with Crippen LogP contribution in [0.5, 0.6) is 0 Å². The third-order valence-corrected chi connectivity index (χ3v) is 4.76. The maximum atomic E-state index is 12.5. The molecule has 8 nitrogen and oxygen atoms in total. The highest BCUT2D eigenvalue weighted by Crippen LogP contribution is 2.16. The second-order valence-corrected chi connectivity index (χ2v) is 6.87. The first-order valence-corrected chi connectivity index (χ1v) is 9.75. The zero-order valence-electron chi connectivity index (χ0n) is 16.6. The third-order valence-electron chi connectivity index (χ3n) is 4.76. The van der Waals surface area contributed by atoms with Crippen LogP contribution >= 0.6 is 0 Å². The maximum Gasteiger partial charge on any atom is 0.261 e. The van der Waals surface area contributed by atoms with E-state index in [2.05, 4.69) is 15.6 Å². The minimum absolute atomic E-state index is 0.0578. The van der Waals surface area contributed by atoms with Crippen molar-refractivity contribution in [1.82, 2.24) is 14.9 Å². The molecule has 0 aliphatic carbocycles. The van der Waals surface area contributed by atoms with Crippen molar-refractivity contribution in [3.05, 3.63) is 94.9 Å². The average molecular weight is 416 g/mol. The van der Waals surface area contributed by atoms with Crippen molar-refractivity contribution in [2.24, 2.45) is 0 Å². The van der Waals surface area contributed by atoms with Crippen LogP contribution in [-0.4, -0.2) is 21.4 Å². The van der Waals surface area contributed by atoms with E-state index in [0.29, 0.717) is 27.9 Å². The number of benzene rings is 2. The number of anilines is 1. The van der Waals surface area contributed by atoms with Crippen molar-refractivity contribution < 1.29 is 14.0 Å². The van der Waals surface area contributed by atoms with Gasteiger partial charge in [-0.05, 0) is 36.4 Å². The minimum atomic E-state index is -0.331. The van der Waals surface area contributed by atoms with Crippen LogP contribution in [0.4, 0.5) is 5.69 Å². The van der Waals surface area contributed by atoms with E-state index in [1.165, 1.54) is 17.2 Å². The summed E-state index contributed by atoms with van der Waals surface area (Å²) in [4.78, 5) is 41.8. The first-order valence-electron chi connectivity index (χ1n) is 9.75. The molecule has 8 heteroatoms. The second kappa shape index (κ2) is 9.08. The van der Waals surface area contributed by atoms with Crippen molar-refractivity contribution in [3.63, 3.8) is 0 Å². The van der Waals surface area contributed by atoms with Crippen molar-refractivity contribution in [2.75, 3.05) is 5.32 Å². The number of para-hydroxylation sites is 2. The lowest BCUT2D eigenvalue weighted by Crippen LogP contribution is -2.26. The summed E-state index contributed by atoms with van der Waals surface area (Å²) in [5.41, 5.74) is 1.15. The van der Waals surface area contributed by atoms with Crippen molar-refractivity contribution >= 4 is 28.4 Å². The van der Waals surface area contributed by atoms with E-state index >= 15 is 0 Å². The van der Waals surface area contributed by atoms with Gasteiger partial charge in [0.25, 0.3) is 11.5 Å². The summed E-state index contributed by atoms with van der Waals surface area (Å²) in [6, 6.07) is 17.3. The van der Waals surface area contributed by atoms with Gasteiger partial charge in [0.2, 0.25) is 5.91 Å². The highest BCUT2D eigenvalue weighted by atomic mass is 16.3. The smallest absolute Gasteiger partial charge is 0.261 e. The molecule has 2 heterocycles. The fourth-order valence-electron chi connectivity index (χ4n) is 3.17. The Kier molecular flexibility index (Phi) is 5.89. The molecule has 0 fully saturated rings. The molecule has 156 valence electrons. The second-order valence-electron chi connectivity index (χ2n) is 6.87. The fourth-order valence-corrected chi connectivity index (χ4v) is 3.17. The Morgan fingerprint density at radius 3 is 2.65 bits per heavy atom. The Labute approximate surface area is 177 Å². The molecule has 0 spiro atoms. The number of rotatable bonds is 7. The predicted octanol–water partition coefficient (Wildman–Crippen LogP) is 2.95. The zero-order valence-corrected chi connectivity index (χ0v) is 16.6. The quantitative estimate of drug-likeness (QED) is 0.482. The van der Waals surface area contributed by atoms with Gasteiger partial charge >= 0.3 is 0 Å². The van der Waals surface area contributed by atoms with E-state index in [1.54, 1.807) is 54.6 Å². The van der Waals surface area contributed by atoms with Crippen molar-refractivity contribution in [3.8, 4) is 0 Å². The van der Waals surface area contributed by atoms with E-state index in [1.807, 2.05) is 6.07 Å². The van der Waals surface area contributed by atoms with E-state index in [4.69, 9.17) is 4.42 Å². The topological polar surface area (TPSA) is 106 Å². The highest BCUT2D eigenvalue weighted by Gasteiger charge is 2.14. The molecule has 0 aliphatic rings. The minimum Gasteiger partial charge on any atom is -0.467 e. The molecule has 0 saturated carbocycles. The molecule has 2 aromatic heterocycles. The van der Waals surface area contributed by atoms with Crippen molar-refractivity contribution in [2.45, 2.75) is 19.5 Å². The molecular formula is C23H20N4O4. The molecular weight excluding hydrogens is 396 g/mol. The lowest BCUT2D eigenvalue weighted by molar-refractivity contribution is -0.116. The Morgan fingerprint density at radius 2 is 1.81 bits per heavy atom. The lowest BCUT2D eigenvalue weighted by atomic mass is 10.1. The molecule has 2 N–H and O–H groups in total. The van der Waals surface area contributed by atoms with E-state index in [9.17, 15) is 14.4 Å². The zero-order chi connectivity index (χ0) is 21.6. The number of hydrogen-bond donors (Lipinski definition) is 2. The number of aryl methyl sites for hydroxylation is 1. The van der Waals surface area contributed by atoms with Gasteiger partial charge < -0.3 is 15.1 Å². The summed E-state index contributed by atoms with van der Waals surface area (Å²) in [5, 5.41) is 6.02. The van der Waals surface area contributed by atoms with Gasteiger partial charge in [0.1, 0.15) is 5.76 Å². The van der Waals surface area contributed by atoms with Gasteiger partial charge in [-0.1, -0.05) is 24.3 Å². The maximum absolute atomic E-state index is 12.5. The van der Waals surface area contributed by atoms with Crippen LogP contribution in [0, 0.1) is 0 Å². The summed E-state index contributed by atoms with van der Waals surface area (Å²) in [5.74, 6) is -0.0158. The number of nitrogens with zero attached hydrogens (tertiary/aromatic N) is 2. The molecule has 0 aliphatic heterocycles. The Balaban J connectivity index is 1.40. The SMILES string of the molecule is O=C(CCn1cnc2ccccc2c1=O)Nc1ccccc1C(=O)NCc1ccco1. The number of hydrogen-bond acceptors (Lipinski definition) is 5. The van der Waals surface area contributed by atoms with Gasteiger partial charge in [-0.3, -0.25) is 19.0 Å². The number of amides is 2. The molecule has 4 rings (SSSR count). The first kappa shape index (κ1) is 20.1. The Morgan fingerprint density at radius 1 is 1.00 bits per heavy atom. The normalized spacial score (nSPS) is 10.7. The van der Waals surface area contributed by atoms with Gasteiger partial charge in [0, 0.05) is 13.0 Å². The molecule has 0 unspecified atom stereocenters. The van der Waals surface area contributed by atoms with Gasteiger partial charge in [-0.25, -0.2) is 4.98 Å². The summed E-state index contributed by atoms with van der Waals surface area (Å²) < 4.78 is 6.61. The van der Waals surface area contributed by atoms with Crippen LogP contribution in [0.25, 0.3) is 10.9 Å². The summed E-state index contributed by atoms with van der Waals surface area (Å²) in [6.45, 7) is 0.418. The largest absolute Gasteiger partial charge is 0.467 e. The number of fused-ring (bicyclic) bond motifs is 1. The first-order chi connectivity index (χ1) is 15.1. The molecule has 4 aromatic rings. The van der Waals surface area contributed by atoms with Crippen LogP contribution in [0.2, 0.25) is 0 Å². The lowest BCUT2D eigenvalue weighted by Gasteiger charge is -2.11. The monoisotopic (exact) mass is 416 g/mol. The van der Waals surface area contributed by atoms with E-state index in [0.717, 1.165) is 0 Å². The van der Waals surface area contributed by atoms with Gasteiger partial charge in [0.15, 0.2) is 0 Å². The molecule has 31 heavy (non-hydrogen) atoms. The molecule has 2 amide bonds. The van der Waals surface area contributed by atoms with Crippen LogP contribution in [0.1, 0.15) is 22.5 Å². The number of carbonyl (C=O) groups is 2. The third kappa shape index (κ3) is 4.69. The van der Waals surface area contributed by atoms with Crippen LogP contribution in [0.15, 0.2) is 82.5 Å². The number of furan rings is 1. The Bertz CT molecular complexity index is 1280. The molecule has 0 saturated heterocycles. The summed E-state index contributed by atoms with van der Waals surface area (Å²) in [6.07, 6.45) is 3.03.